The summed E-state index contributed by atoms with van der Waals surface area (Å²) in [4.78, 5) is 13.8. The molecule has 0 saturated carbocycles. The number of phenolic OH excluding ortho intramolecular Hbond substituents is 1. The zero-order valence-electron chi connectivity index (χ0n) is 10.6. The van der Waals surface area contributed by atoms with Crippen LogP contribution in [-0.2, 0) is 4.79 Å². The lowest BCUT2D eigenvalue weighted by molar-refractivity contribution is -0.134. The Morgan fingerprint density at radius 1 is 1.33 bits per heavy atom. The Morgan fingerprint density at radius 3 is 2.56 bits per heavy atom. The summed E-state index contributed by atoms with van der Waals surface area (Å²) in [6.45, 7) is 3.95. The molecule has 4 nitrogen and oxygen atoms in total. The third-order valence-electron chi connectivity index (χ3n) is 3.34. The van der Waals surface area contributed by atoms with E-state index in [2.05, 4.69) is 6.92 Å². The SMILES string of the molecule is CC1CCN(C(=O)COc2ccc(O)cc2)CC1. The number of hydrogen-bond acceptors (Lipinski definition) is 3. The van der Waals surface area contributed by atoms with Crippen LogP contribution in [0.2, 0.25) is 0 Å². The van der Waals surface area contributed by atoms with E-state index in [1.165, 1.54) is 0 Å². The number of likely N-dealkylation sites (tertiary alicyclic amines) is 1. The van der Waals surface area contributed by atoms with E-state index in [4.69, 9.17) is 9.84 Å². The molecule has 1 N–H and O–H groups in total. The summed E-state index contributed by atoms with van der Waals surface area (Å²) < 4.78 is 5.40. The van der Waals surface area contributed by atoms with E-state index in [-0.39, 0.29) is 18.3 Å². The van der Waals surface area contributed by atoms with Crippen molar-refractivity contribution in [1.29, 1.82) is 0 Å². The van der Waals surface area contributed by atoms with Crippen LogP contribution in [-0.4, -0.2) is 35.6 Å². The van der Waals surface area contributed by atoms with Gasteiger partial charge in [-0.05, 0) is 43.0 Å². The van der Waals surface area contributed by atoms with Gasteiger partial charge in [-0.25, -0.2) is 0 Å². The van der Waals surface area contributed by atoms with Gasteiger partial charge in [0, 0.05) is 13.1 Å². The molecule has 1 aliphatic heterocycles. The van der Waals surface area contributed by atoms with Crippen LogP contribution in [0.1, 0.15) is 19.8 Å². The molecule has 1 amide bonds. The van der Waals surface area contributed by atoms with Gasteiger partial charge in [-0.15, -0.1) is 0 Å². The lowest BCUT2D eigenvalue weighted by Gasteiger charge is -2.30. The maximum absolute atomic E-state index is 11.9. The topological polar surface area (TPSA) is 49.8 Å². The van der Waals surface area contributed by atoms with Gasteiger partial charge in [0.05, 0.1) is 0 Å². The van der Waals surface area contributed by atoms with Crippen molar-refractivity contribution in [2.24, 2.45) is 5.92 Å². The van der Waals surface area contributed by atoms with E-state index in [0.29, 0.717) is 11.7 Å². The maximum Gasteiger partial charge on any atom is 0.260 e. The Kier molecular flexibility index (Phi) is 4.07. The molecule has 1 saturated heterocycles. The number of phenols is 1. The van der Waals surface area contributed by atoms with Gasteiger partial charge in [0.25, 0.3) is 5.91 Å². The van der Waals surface area contributed by atoms with Gasteiger partial charge >= 0.3 is 0 Å². The third kappa shape index (κ3) is 3.39. The van der Waals surface area contributed by atoms with E-state index < -0.39 is 0 Å². The number of piperidine rings is 1. The van der Waals surface area contributed by atoms with Crippen molar-refractivity contribution in [1.82, 2.24) is 4.90 Å². The normalized spacial score (nSPS) is 16.6. The van der Waals surface area contributed by atoms with Crippen molar-refractivity contribution in [2.75, 3.05) is 19.7 Å². The highest BCUT2D eigenvalue weighted by molar-refractivity contribution is 5.77. The van der Waals surface area contributed by atoms with E-state index in [9.17, 15) is 4.79 Å². The molecular weight excluding hydrogens is 230 g/mol. The largest absolute Gasteiger partial charge is 0.508 e. The second kappa shape index (κ2) is 5.76. The van der Waals surface area contributed by atoms with Gasteiger partial charge in [-0.1, -0.05) is 6.92 Å². The molecule has 0 aromatic heterocycles. The fourth-order valence-electron chi connectivity index (χ4n) is 2.04. The number of aromatic hydroxyl groups is 1. The van der Waals surface area contributed by atoms with Crippen molar-refractivity contribution < 1.29 is 14.6 Å². The average molecular weight is 249 g/mol. The van der Waals surface area contributed by atoms with Gasteiger partial charge in [0.15, 0.2) is 6.61 Å². The number of nitrogens with zero attached hydrogens (tertiary/aromatic N) is 1. The van der Waals surface area contributed by atoms with Gasteiger partial charge in [0.2, 0.25) is 0 Å². The van der Waals surface area contributed by atoms with Gasteiger partial charge < -0.3 is 14.7 Å². The Hall–Kier alpha value is -1.71. The van der Waals surface area contributed by atoms with Crippen molar-refractivity contribution in [3.63, 3.8) is 0 Å². The molecule has 0 radical (unpaired) electrons. The summed E-state index contributed by atoms with van der Waals surface area (Å²) in [6, 6.07) is 6.40. The first kappa shape index (κ1) is 12.7. The van der Waals surface area contributed by atoms with E-state index in [1.807, 2.05) is 4.90 Å². The number of benzene rings is 1. The molecule has 0 unspecified atom stereocenters. The molecule has 98 valence electrons. The highest BCUT2D eigenvalue weighted by atomic mass is 16.5. The number of amides is 1. The minimum atomic E-state index is 0.0370. The van der Waals surface area contributed by atoms with E-state index in [0.717, 1.165) is 25.9 Å². The standard InChI is InChI=1S/C14H19NO3/c1-11-6-8-15(9-7-11)14(17)10-18-13-4-2-12(16)3-5-13/h2-5,11,16H,6-10H2,1H3. The Bertz CT molecular complexity index is 394. The minimum absolute atomic E-state index is 0.0370. The van der Waals surface area contributed by atoms with Crippen molar-refractivity contribution >= 4 is 5.91 Å². The first-order valence-corrected chi connectivity index (χ1v) is 6.35. The zero-order valence-corrected chi connectivity index (χ0v) is 10.6. The monoisotopic (exact) mass is 249 g/mol. The molecule has 0 bridgehead atoms. The highest BCUT2D eigenvalue weighted by Crippen LogP contribution is 2.18. The first-order valence-electron chi connectivity index (χ1n) is 6.35. The molecular formula is C14H19NO3. The summed E-state index contributed by atoms with van der Waals surface area (Å²) in [7, 11) is 0. The number of rotatable bonds is 3. The smallest absolute Gasteiger partial charge is 0.260 e. The number of hydrogen-bond donors (Lipinski definition) is 1. The third-order valence-corrected chi connectivity index (χ3v) is 3.34. The summed E-state index contributed by atoms with van der Waals surface area (Å²) in [5, 5.41) is 9.13. The summed E-state index contributed by atoms with van der Waals surface area (Å²) >= 11 is 0. The number of carbonyl (C=O) groups excluding carboxylic acids is 1. The predicted octanol–water partition coefficient (Wildman–Crippen LogP) is 2.03. The molecule has 0 aliphatic carbocycles. The Labute approximate surface area is 107 Å². The Morgan fingerprint density at radius 2 is 1.94 bits per heavy atom. The molecule has 0 atom stereocenters. The molecule has 4 heteroatoms. The number of carbonyl (C=O) groups is 1. The van der Waals surface area contributed by atoms with Crippen LogP contribution >= 0.6 is 0 Å². The van der Waals surface area contributed by atoms with Crippen molar-refractivity contribution in [2.45, 2.75) is 19.8 Å². The van der Waals surface area contributed by atoms with Gasteiger partial charge in [-0.3, -0.25) is 4.79 Å². The zero-order chi connectivity index (χ0) is 13.0. The first-order chi connectivity index (χ1) is 8.65. The fourth-order valence-corrected chi connectivity index (χ4v) is 2.04. The molecule has 2 rings (SSSR count). The van der Waals surface area contributed by atoms with Crippen LogP contribution in [0.15, 0.2) is 24.3 Å². The second-order valence-electron chi connectivity index (χ2n) is 4.85. The second-order valence-corrected chi connectivity index (χ2v) is 4.85. The van der Waals surface area contributed by atoms with E-state index >= 15 is 0 Å². The van der Waals surface area contributed by atoms with Crippen LogP contribution in [0.3, 0.4) is 0 Å². The summed E-state index contributed by atoms with van der Waals surface area (Å²) in [5.41, 5.74) is 0. The summed E-state index contributed by atoms with van der Waals surface area (Å²) in [6.07, 6.45) is 2.15. The quantitative estimate of drug-likeness (QED) is 0.891. The van der Waals surface area contributed by atoms with Gasteiger partial charge in [0.1, 0.15) is 11.5 Å². The average Bonchev–Trinajstić information content (AvgIpc) is 2.38. The maximum atomic E-state index is 11.9. The molecule has 1 aliphatic rings. The lowest BCUT2D eigenvalue weighted by Crippen LogP contribution is -2.40. The molecule has 1 fully saturated rings. The highest BCUT2D eigenvalue weighted by Gasteiger charge is 2.20. The van der Waals surface area contributed by atoms with Crippen LogP contribution < -0.4 is 4.74 Å². The molecule has 1 aromatic carbocycles. The van der Waals surface area contributed by atoms with Crippen molar-refractivity contribution in [3.8, 4) is 11.5 Å². The number of ether oxygens (including phenoxy) is 1. The van der Waals surface area contributed by atoms with Crippen LogP contribution in [0.5, 0.6) is 11.5 Å². The Balaban J connectivity index is 1.79. The lowest BCUT2D eigenvalue weighted by atomic mass is 9.99. The van der Waals surface area contributed by atoms with Crippen LogP contribution in [0.25, 0.3) is 0 Å². The molecule has 1 heterocycles. The predicted molar refractivity (Wildman–Crippen MR) is 68.6 cm³/mol. The van der Waals surface area contributed by atoms with Gasteiger partial charge in [-0.2, -0.15) is 0 Å². The van der Waals surface area contributed by atoms with Crippen molar-refractivity contribution in [3.05, 3.63) is 24.3 Å². The molecule has 0 spiro atoms. The van der Waals surface area contributed by atoms with E-state index in [1.54, 1.807) is 24.3 Å². The fraction of sp³-hybridized carbons (Fsp3) is 0.500. The van der Waals surface area contributed by atoms with Crippen LogP contribution in [0, 0.1) is 5.92 Å². The summed E-state index contributed by atoms with van der Waals surface area (Å²) in [5.74, 6) is 1.55. The minimum Gasteiger partial charge on any atom is -0.508 e. The molecule has 1 aromatic rings. The van der Waals surface area contributed by atoms with Crippen LogP contribution in [0.4, 0.5) is 0 Å². The molecule has 18 heavy (non-hydrogen) atoms.